The fourth-order valence-electron chi connectivity index (χ4n) is 4.69. The number of nitrogens with zero attached hydrogens (tertiary/aromatic N) is 2. The number of amides is 4. The van der Waals surface area contributed by atoms with Crippen molar-refractivity contribution in [2.75, 3.05) is 6.54 Å². The van der Waals surface area contributed by atoms with Crippen molar-refractivity contribution in [1.82, 2.24) is 15.1 Å². The Morgan fingerprint density at radius 2 is 1.62 bits per heavy atom. The number of likely N-dealkylation sites (tertiary alicyclic amines) is 1. The summed E-state index contributed by atoms with van der Waals surface area (Å²) in [7, 11) is 0. The van der Waals surface area contributed by atoms with Crippen molar-refractivity contribution in [1.29, 1.82) is 0 Å². The number of carbonyl (C=O) groups is 4. The van der Waals surface area contributed by atoms with E-state index in [0.717, 1.165) is 17.5 Å². The lowest BCUT2D eigenvalue weighted by molar-refractivity contribution is -0.144. The minimum atomic E-state index is -0.625. The van der Waals surface area contributed by atoms with Gasteiger partial charge in [0.1, 0.15) is 6.04 Å². The number of aryl methyl sites for hydroxylation is 1. The van der Waals surface area contributed by atoms with Crippen molar-refractivity contribution in [3.05, 3.63) is 47.5 Å². The van der Waals surface area contributed by atoms with E-state index >= 15 is 0 Å². The largest absolute Gasteiger partial charge is 0.352 e. The van der Waals surface area contributed by atoms with Crippen LogP contribution >= 0.6 is 0 Å². The van der Waals surface area contributed by atoms with E-state index in [9.17, 15) is 19.2 Å². The van der Waals surface area contributed by atoms with Gasteiger partial charge in [-0.2, -0.15) is 0 Å². The van der Waals surface area contributed by atoms with Gasteiger partial charge in [-0.05, 0) is 45.1 Å². The second-order valence-corrected chi connectivity index (χ2v) is 9.48. The molecule has 1 N–H and O–H groups in total. The van der Waals surface area contributed by atoms with Crippen molar-refractivity contribution < 1.29 is 19.2 Å². The van der Waals surface area contributed by atoms with Gasteiger partial charge < -0.3 is 10.2 Å². The molecule has 0 saturated carbocycles. The molecule has 0 bridgehead atoms. The molecule has 3 rings (SSSR count). The van der Waals surface area contributed by atoms with Gasteiger partial charge in [-0.3, -0.25) is 24.1 Å². The van der Waals surface area contributed by atoms with E-state index in [1.165, 1.54) is 4.90 Å². The first-order valence-electron chi connectivity index (χ1n) is 12.4. The van der Waals surface area contributed by atoms with Gasteiger partial charge in [0, 0.05) is 25.6 Å². The van der Waals surface area contributed by atoms with Crippen LogP contribution in [0.15, 0.2) is 36.4 Å². The molecular weight excluding hydrogens is 430 g/mol. The number of nitrogens with one attached hydrogen (secondary N) is 1. The average Bonchev–Trinajstić information content (AvgIpc) is 3.08. The van der Waals surface area contributed by atoms with Gasteiger partial charge >= 0.3 is 0 Å². The van der Waals surface area contributed by atoms with Crippen molar-refractivity contribution in [2.24, 2.45) is 11.8 Å². The molecule has 0 unspecified atom stereocenters. The van der Waals surface area contributed by atoms with Crippen LogP contribution in [-0.4, -0.2) is 52.1 Å². The molecule has 1 aliphatic carbocycles. The third kappa shape index (κ3) is 5.75. The predicted molar refractivity (Wildman–Crippen MR) is 130 cm³/mol. The van der Waals surface area contributed by atoms with Crippen molar-refractivity contribution in [3.63, 3.8) is 0 Å². The Bertz CT molecular complexity index is 914. The Labute approximate surface area is 202 Å². The number of fused-ring (bicyclic) bond motifs is 1. The van der Waals surface area contributed by atoms with Gasteiger partial charge in [-0.25, -0.2) is 0 Å². The molecule has 1 aromatic carbocycles. The van der Waals surface area contributed by atoms with Crippen LogP contribution < -0.4 is 5.32 Å². The van der Waals surface area contributed by atoms with Gasteiger partial charge in [0.2, 0.25) is 23.6 Å². The predicted octanol–water partition coefficient (Wildman–Crippen LogP) is 3.36. The molecule has 184 valence electrons. The van der Waals surface area contributed by atoms with E-state index in [0.29, 0.717) is 25.8 Å². The number of hydrogen-bond acceptors (Lipinski definition) is 4. The zero-order valence-electron chi connectivity index (χ0n) is 20.8. The molecule has 4 amide bonds. The summed E-state index contributed by atoms with van der Waals surface area (Å²) in [5, 5.41) is 3.00. The van der Waals surface area contributed by atoms with Gasteiger partial charge in [0.05, 0.1) is 11.8 Å². The summed E-state index contributed by atoms with van der Waals surface area (Å²) < 4.78 is 0. The summed E-state index contributed by atoms with van der Waals surface area (Å²) in [6.07, 6.45) is 6.32. The van der Waals surface area contributed by atoms with Crippen LogP contribution in [0.1, 0.15) is 64.0 Å². The average molecular weight is 468 g/mol. The summed E-state index contributed by atoms with van der Waals surface area (Å²) in [5.41, 5.74) is 2.05. The Morgan fingerprint density at radius 1 is 1.03 bits per heavy atom. The Kier molecular flexibility index (Phi) is 8.64. The van der Waals surface area contributed by atoms with Crippen molar-refractivity contribution in [2.45, 2.75) is 78.4 Å². The summed E-state index contributed by atoms with van der Waals surface area (Å²) in [4.78, 5) is 54.9. The second kappa shape index (κ2) is 11.4. The quantitative estimate of drug-likeness (QED) is 0.422. The van der Waals surface area contributed by atoms with Gasteiger partial charge in [0.15, 0.2) is 0 Å². The fourth-order valence-corrected chi connectivity index (χ4v) is 4.69. The molecule has 2 aliphatic rings. The van der Waals surface area contributed by atoms with Crippen LogP contribution in [0.4, 0.5) is 0 Å². The summed E-state index contributed by atoms with van der Waals surface area (Å²) in [6, 6.07) is 7.26. The highest BCUT2D eigenvalue weighted by atomic mass is 16.2. The van der Waals surface area contributed by atoms with Crippen molar-refractivity contribution >= 4 is 23.6 Å². The number of hydrogen-bond donors (Lipinski definition) is 1. The van der Waals surface area contributed by atoms with E-state index in [1.807, 2.05) is 64.1 Å². The van der Waals surface area contributed by atoms with Crippen molar-refractivity contribution in [3.8, 4) is 0 Å². The number of benzene rings is 1. The first-order chi connectivity index (χ1) is 16.3. The first kappa shape index (κ1) is 25.7. The Hall–Kier alpha value is -2.96. The monoisotopic (exact) mass is 467 g/mol. The highest BCUT2D eigenvalue weighted by molar-refractivity contribution is 6.05. The zero-order chi connectivity index (χ0) is 24.8. The highest BCUT2D eigenvalue weighted by Gasteiger charge is 2.47. The molecule has 7 nitrogen and oxygen atoms in total. The molecule has 34 heavy (non-hydrogen) atoms. The second-order valence-electron chi connectivity index (χ2n) is 9.48. The summed E-state index contributed by atoms with van der Waals surface area (Å²) >= 11 is 0. The fraction of sp³-hybridized carbons (Fsp3) is 0.556. The molecule has 1 fully saturated rings. The van der Waals surface area contributed by atoms with Crippen LogP contribution in [0.25, 0.3) is 0 Å². The summed E-state index contributed by atoms with van der Waals surface area (Å²) in [6.45, 7) is 8.17. The SMILES string of the molecule is CC[C@@H](C)NC(=O)[C@@H](CC)N(Cc1ccc(C)cc1)C(=O)CCN1C(=O)[C@H]2CC=CC[C@H]2C1=O. The van der Waals surface area contributed by atoms with E-state index in [1.54, 1.807) is 4.90 Å². The van der Waals surface area contributed by atoms with E-state index < -0.39 is 6.04 Å². The van der Waals surface area contributed by atoms with Gasteiger partial charge in [0.25, 0.3) is 0 Å². The molecule has 1 heterocycles. The maximum Gasteiger partial charge on any atom is 0.243 e. The minimum Gasteiger partial charge on any atom is -0.352 e. The third-order valence-corrected chi connectivity index (χ3v) is 7.01. The van der Waals surface area contributed by atoms with E-state index in [4.69, 9.17) is 0 Å². The van der Waals surface area contributed by atoms with Gasteiger partial charge in [-0.1, -0.05) is 55.8 Å². The number of carbonyl (C=O) groups excluding carboxylic acids is 4. The Morgan fingerprint density at radius 3 is 2.15 bits per heavy atom. The molecule has 1 aromatic rings. The number of allylic oxidation sites excluding steroid dienone is 2. The standard InChI is InChI=1S/C27H37N3O4/c1-5-19(4)28-25(32)23(6-2)30(17-20-13-11-18(3)12-14-20)24(31)15-16-29-26(33)21-9-7-8-10-22(21)27(29)34/h7-8,11-14,19,21-23H,5-6,9-10,15-17H2,1-4H3,(H,28,32)/t19-,21-,22+,23-/m1/s1. The highest BCUT2D eigenvalue weighted by Crippen LogP contribution is 2.35. The summed E-state index contributed by atoms with van der Waals surface area (Å²) in [5.74, 6) is -1.39. The maximum atomic E-state index is 13.4. The molecule has 0 aromatic heterocycles. The molecule has 1 aliphatic heterocycles. The minimum absolute atomic E-state index is 0.00329. The van der Waals surface area contributed by atoms with Crippen LogP contribution in [0.2, 0.25) is 0 Å². The van der Waals surface area contributed by atoms with Crippen LogP contribution in [-0.2, 0) is 25.7 Å². The van der Waals surface area contributed by atoms with Gasteiger partial charge in [-0.15, -0.1) is 0 Å². The number of rotatable bonds is 10. The Balaban J connectivity index is 1.75. The first-order valence-corrected chi connectivity index (χ1v) is 12.4. The number of imide groups is 1. The van der Waals surface area contributed by atoms with E-state index in [-0.39, 0.29) is 54.5 Å². The molecule has 0 spiro atoms. The smallest absolute Gasteiger partial charge is 0.243 e. The maximum absolute atomic E-state index is 13.4. The molecule has 4 atom stereocenters. The van der Waals surface area contributed by atoms with Crippen LogP contribution in [0.5, 0.6) is 0 Å². The third-order valence-electron chi connectivity index (χ3n) is 7.01. The lowest BCUT2D eigenvalue weighted by Crippen LogP contribution is -2.51. The topological polar surface area (TPSA) is 86.8 Å². The molecule has 0 radical (unpaired) electrons. The molecule has 7 heteroatoms. The normalized spacial score (nSPS) is 21.2. The molecule has 1 saturated heterocycles. The van der Waals surface area contributed by atoms with E-state index in [2.05, 4.69) is 5.32 Å². The molecular formula is C27H37N3O4. The zero-order valence-corrected chi connectivity index (χ0v) is 20.8. The van der Waals surface area contributed by atoms with Crippen LogP contribution in [0, 0.1) is 18.8 Å². The van der Waals surface area contributed by atoms with Crippen LogP contribution in [0.3, 0.4) is 0 Å². The lowest BCUT2D eigenvalue weighted by Gasteiger charge is -2.32. The lowest BCUT2D eigenvalue weighted by atomic mass is 9.85.